The number of anilines is 4. The van der Waals surface area contributed by atoms with E-state index >= 15 is 0 Å². The van der Waals surface area contributed by atoms with E-state index in [1.807, 2.05) is 48.7 Å². The Kier molecular flexibility index (Phi) is 6.22. The van der Waals surface area contributed by atoms with Gasteiger partial charge in [0.1, 0.15) is 0 Å². The lowest BCUT2D eigenvalue weighted by molar-refractivity contribution is -0.137. The number of benzene rings is 3. The second kappa shape index (κ2) is 9.65. The number of nitrogens with one attached hydrogen (secondary N) is 2. The molecule has 186 valence electrons. The van der Waals surface area contributed by atoms with Crippen molar-refractivity contribution in [3.05, 3.63) is 102 Å². The lowest BCUT2D eigenvalue weighted by atomic mass is 10.1. The molecule has 5 rings (SSSR count). The van der Waals surface area contributed by atoms with Gasteiger partial charge in [-0.1, -0.05) is 42.5 Å². The zero-order chi connectivity index (χ0) is 26.0. The molecule has 0 radical (unpaired) electrons. The number of carbonyl (C=O) groups excluding carboxylic acids is 1. The van der Waals surface area contributed by atoms with Gasteiger partial charge in [-0.05, 0) is 53.6 Å². The molecule has 3 aromatic carbocycles. The highest BCUT2D eigenvalue weighted by Gasteiger charge is 2.30. The van der Waals surface area contributed by atoms with Crippen LogP contribution in [0.3, 0.4) is 0 Å². The smallest absolute Gasteiger partial charge is 0.397 e. The van der Waals surface area contributed by atoms with Gasteiger partial charge in [0, 0.05) is 17.4 Å². The summed E-state index contributed by atoms with van der Waals surface area (Å²) >= 11 is 0. The third-order valence-electron chi connectivity index (χ3n) is 5.66. The number of hydrogen-bond acceptors (Lipinski definition) is 5. The second-order valence-corrected chi connectivity index (χ2v) is 8.37. The SMILES string of the molecule is Nc1ccccc1Nc1nc2ccc(-c3ccc(NC(=O)Cc4cccc(C(F)(F)F)c4)cc3)cn2n1. The Bertz CT molecular complexity index is 1580. The zero-order valence-corrected chi connectivity index (χ0v) is 19.3. The van der Waals surface area contributed by atoms with Crippen LogP contribution in [0.1, 0.15) is 11.1 Å². The number of alkyl halides is 3. The highest BCUT2D eigenvalue weighted by atomic mass is 19.4. The number of fused-ring (bicyclic) bond motifs is 1. The molecule has 0 atom stereocenters. The molecule has 0 unspecified atom stereocenters. The molecule has 7 nitrogen and oxygen atoms in total. The molecule has 0 spiro atoms. The summed E-state index contributed by atoms with van der Waals surface area (Å²) in [5.74, 6) is 0.00377. The number of hydrogen-bond donors (Lipinski definition) is 3. The summed E-state index contributed by atoms with van der Waals surface area (Å²) in [6, 6.07) is 23.0. The number of halogens is 3. The number of nitrogens with two attached hydrogens (primary N) is 1. The summed E-state index contributed by atoms with van der Waals surface area (Å²) in [4.78, 5) is 16.8. The first kappa shape index (κ1) is 23.9. The van der Waals surface area contributed by atoms with Gasteiger partial charge in [-0.25, -0.2) is 4.52 Å². The van der Waals surface area contributed by atoms with Gasteiger partial charge in [-0.15, -0.1) is 5.10 Å². The minimum atomic E-state index is -4.45. The van der Waals surface area contributed by atoms with E-state index in [4.69, 9.17) is 5.73 Å². The first-order valence-corrected chi connectivity index (χ1v) is 11.3. The lowest BCUT2D eigenvalue weighted by Gasteiger charge is -2.10. The number of aromatic nitrogens is 3. The van der Waals surface area contributed by atoms with Crippen LogP contribution >= 0.6 is 0 Å². The van der Waals surface area contributed by atoms with E-state index in [1.54, 1.807) is 22.7 Å². The van der Waals surface area contributed by atoms with Crippen LogP contribution in [0.2, 0.25) is 0 Å². The van der Waals surface area contributed by atoms with Crippen molar-refractivity contribution >= 4 is 34.6 Å². The normalized spacial score (nSPS) is 11.4. The van der Waals surface area contributed by atoms with E-state index < -0.39 is 17.6 Å². The zero-order valence-electron chi connectivity index (χ0n) is 19.3. The van der Waals surface area contributed by atoms with E-state index in [9.17, 15) is 18.0 Å². The van der Waals surface area contributed by atoms with Crippen molar-refractivity contribution in [2.24, 2.45) is 0 Å². The number of rotatable bonds is 6. The van der Waals surface area contributed by atoms with Gasteiger partial charge in [-0.3, -0.25) is 4.79 Å². The van der Waals surface area contributed by atoms with Gasteiger partial charge >= 0.3 is 6.18 Å². The van der Waals surface area contributed by atoms with Crippen molar-refractivity contribution in [1.29, 1.82) is 0 Å². The summed E-state index contributed by atoms with van der Waals surface area (Å²) in [7, 11) is 0. The fourth-order valence-electron chi connectivity index (χ4n) is 3.83. The van der Waals surface area contributed by atoms with Crippen LogP contribution in [0.4, 0.5) is 36.2 Å². The Balaban J connectivity index is 1.26. The Morgan fingerprint density at radius 2 is 1.68 bits per heavy atom. The molecule has 10 heteroatoms. The maximum Gasteiger partial charge on any atom is 0.416 e. The highest BCUT2D eigenvalue weighted by Crippen LogP contribution is 2.30. The molecule has 0 aliphatic heterocycles. The maximum absolute atomic E-state index is 12.9. The summed E-state index contributed by atoms with van der Waals surface area (Å²) in [6.07, 6.45) is -2.78. The molecule has 0 aliphatic carbocycles. The van der Waals surface area contributed by atoms with E-state index in [0.29, 0.717) is 28.7 Å². The Hall–Kier alpha value is -4.86. The van der Waals surface area contributed by atoms with Gasteiger partial charge in [0.05, 0.1) is 23.4 Å². The standard InChI is InChI=1S/C27H21F3N6O/c28-27(29,30)20-5-3-4-17(14-20)15-25(37)32-21-11-8-18(9-12-21)19-10-13-24-34-26(35-36(24)16-19)33-23-7-2-1-6-22(23)31/h1-14,16H,15,31H2,(H,32,37)(H,33,35). The molecular formula is C27H21F3N6O. The summed E-state index contributed by atoms with van der Waals surface area (Å²) < 4.78 is 40.4. The molecule has 0 aliphatic rings. The monoisotopic (exact) mass is 502 g/mol. The van der Waals surface area contributed by atoms with E-state index in [0.717, 1.165) is 23.3 Å². The molecule has 37 heavy (non-hydrogen) atoms. The number of nitrogens with zero attached hydrogens (tertiary/aromatic N) is 3. The molecule has 0 fully saturated rings. The number of carbonyl (C=O) groups is 1. The van der Waals surface area contributed by atoms with Crippen molar-refractivity contribution in [2.45, 2.75) is 12.6 Å². The first-order valence-electron chi connectivity index (χ1n) is 11.3. The molecule has 5 aromatic rings. The Morgan fingerprint density at radius 3 is 2.43 bits per heavy atom. The average Bonchev–Trinajstić information content (AvgIpc) is 3.27. The highest BCUT2D eigenvalue weighted by molar-refractivity contribution is 5.92. The molecule has 2 heterocycles. The number of nitrogen functional groups attached to an aromatic ring is 1. The largest absolute Gasteiger partial charge is 0.416 e. The van der Waals surface area contributed by atoms with Gasteiger partial charge in [-0.2, -0.15) is 18.2 Å². The minimum Gasteiger partial charge on any atom is -0.397 e. The predicted molar refractivity (Wildman–Crippen MR) is 136 cm³/mol. The molecule has 4 N–H and O–H groups in total. The Morgan fingerprint density at radius 1 is 0.919 bits per heavy atom. The second-order valence-electron chi connectivity index (χ2n) is 8.37. The summed E-state index contributed by atoms with van der Waals surface area (Å²) in [5, 5.41) is 10.3. The van der Waals surface area contributed by atoms with Crippen LogP contribution in [0.25, 0.3) is 16.8 Å². The average molecular weight is 503 g/mol. The van der Waals surface area contributed by atoms with Gasteiger partial charge in [0.15, 0.2) is 5.65 Å². The molecule has 0 saturated heterocycles. The van der Waals surface area contributed by atoms with Crippen LogP contribution in [-0.4, -0.2) is 20.5 Å². The molecule has 0 bridgehead atoms. The third kappa shape index (κ3) is 5.53. The van der Waals surface area contributed by atoms with Crippen LogP contribution in [-0.2, 0) is 17.4 Å². The van der Waals surface area contributed by atoms with Crippen LogP contribution in [0.5, 0.6) is 0 Å². The molecular weight excluding hydrogens is 481 g/mol. The Labute approximate surface area is 209 Å². The molecule has 2 aromatic heterocycles. The van der Waals surface area contributed by atoms with Crippen molar-refractivity contribution in [2.75, 3.05) is 16.4 Å². The van der Waals surface area contributed by atoms with E-state index in [2.05, 4.69) is 20.7 Å². The van der Waals surface area contributed by atoms with E-state index in [-0.39, 0.29) is 12.0 Å². The van der Waals surface area contributed by atoms with Crippen LogP contribution in [0.15, 0.2) is 91.1 Å². The number of para-hydroxylation sites is 2. The van der Waals surface area contributed by atoms with Crippen LogP contribution in [0, 0.1) is 0 Å². The van der Waals surface area contributed by atoms with Crippen LogP contribution < -0.4 is 16.4 Å². The fraction of sp³-hybridized carbons (Fsp3) is 0.0741. The fourth-order valence-corrected chi connectivity index (χ4v) is 3.83. The van der Waals surface area contributed by atoms with Gasteiger partial charge < -0.3 is 16.4 Å². The van der Waals surface area contributed by atoms with E-state index in [1.165, 1.54) is 12.1 Å². The van der Waals surface area contributed by atoms with Crippen molar-refractivity contribution in [1.82, 2.24) is 14.6 Å². The minimum absolute atomic E-state index is 0.167. The molecule has 1 amide bonds. The quantitative estimate of drug-likeness (QED) is 0.250. The topological polar surface area (TPSA) is 97.3 Å². The summed E-state index contributed by atoms with van der Waals surface area (Å²) in [6.45, 7) is 0. The third-order valence-corrected chi connectivity index (χ3v) is 5.66. The van der Waals surface area contributed by atoms with Gasteiger partial charge in [0.2, 0.25) is 11.9 Å². The number of amides is 1. The van der Waals surface area contributed by atoms with Gasteiger partial charge in [0.25, 0.3) is 0 Å². The predicted octanol–water partition coefficient (Wildman–Crippen LogP) is 5.92. The summed E-state index contributed by atoms with van der Waals surface area (Å²) in [5.41, 5.74) is 9.73. The van der Waals surface area contributed by atoms with Crippen molar-refractivity contribution in [3.8, 4) is 11.1 Å². The molecule has 0 saturated carbocycles. The lowest BCUT2D eigenvalue weighted by Crippen LogP contribution is -2.15. The van der Waals surface area contributed by atoms with Crippen molar-refractivity contribution < 1.29 is 18.0 Å². The number of pyridine rings is 1. The first-order chi connectivity index (χ1) is 17.7. The van der Waals surface area contributed by atoms with Crippen molar-refractivity contribution in [3.63, 3.8) is 0 Å². The maximum atomic E-state index is 12.9.